The van der Waals surface area contributed by atoms with Crippen LogP contribution < -0.4 is 0 Å². The van der Waals surface area contributed by atoms with Crippen molar-refractivity contribution in [3.8, 4) is 11.1 Å². The van der Waals surface area contributed by atoms with Crippen molar-refractivity contribution in [1.29, 1.82) is 0 Å². The standard InChI is InChI=1S/C15H11ClF2/c1-2-3-10-4-5-14(15(16)6-10)11-7-12(17)9-13(18)8-11/h2,4-9H,1,3H2. The van der Waals surface area contributed by atoms with Gasteiger partial charge in [0.15, 0.2) is 0 Å². The van der Waals surface area contributed by atoms with Crippen molar-refractivity contribution in [1.82, 2.24) is 0 Å². The molecule has 0 nitrogen and oxygen atoms in total. The van der Waals surface area contributed by atoms with Gasteiger partial charge in [0.1, 0.15) is 11.6 Å². The Morgan fingerprint density at radius 2 is 1.72 bits per heavy atom. The van der Waals surface area contributed by atoms with E-state index in [0.717, 1.165) is 11.6 Å². The summed E-state index contributed by atoms with van der Waals surface area (Å²) in [6.07, 6.45) is 2.48. The lowest BCUT2D eigenvalue weighted by atomic mass is 10.0. The molecule has 0 radical (unpaired) electrons. The molecular formula is C15H11ClF2. The maximum absolute atomic E-state index is 13.1. The lowest BCUT2D eigenvalue weighted by molar-refractivity contribution is 0.584. The molecule has 2 rings (SSSR count). The van der Waals surface area contributed by atoms with Crippen molar-refractivity contribution in [2.24, 2.45) is 0 Å². The van der Waals surface area contributed by atoms with E-state index in [1.807, 2.05) is 6.07 Å². The highest BCUT2D eigenvalue weighted by molar-refractivity contribution is 6.33. The first-order valence-corrected chi connectivity index (χ1v) is 5.84. The number of rotatable bonds is 3. The topological polar surface area (TPSA) is 0 Å². The van der Waals surface area contributed by atoms with Crippen molar-refractivity contribution < 1.29 is 8.78 Å². The monoisotopic (exact) mass is 264 g/mol. The maximum Gasteiger partial charge on any atom is 0.126 e. The van der Waals surface area contributed by atoms with E-state index >= 15 is 0 Å². The van der Waals surface area contributed by atoms with Crippen LogP contribution in [0.4, 0.5) is 8.78 Å². The summed E-state index contributed by atoms with van der Waals surface area (Å²) in [7, 11) is 0. The summed E-state index contributed by atoms with van der Waals surface area (Å²) in [6, 6.07) is 8.76. The van der Waals surface area contributed by atoms with Gasteiger partial charge in [-0.15, -0.1) is 6.58 Å². The summed E-state index contributed by atoms with van der Waals surface area (Å²) in [5.74, 6) is -1.23. The Morgan fingerprint density at radius 1 is 1.06 bits per heavy atom. The molecule has 2 aromatic carbocycles. The molecule has 2 aromatic rings. The van der Waals surface area contributed by atoms with Crippen LogP contribution >= 0.6 is 11.6 Å². The molecule has 0 heterocycles. The average Bonchev–Trinajstić information content (AvgIpc) is 2.28. The van der Waals surface area contributed by atoms with Gasteiger partial charge in [-0.2, -0.15) is 0 Å². The van der Waals surface area contributed by atoms with Crippen LogP contribution in [0.25, 0.3) is 11.1 Å². The highest BCUT2D eigenvalue weighted by Gasteiger charge is 2.07. The number of hydrogen-bond donors (Lipinski definition) is 0. The van der Waals surface area contributed by atoms with Gasteiger partial charge >= 0.3 is 0 Å². The second kappa shape index (κ2) is 5.32. The quantitative estimate of drug-likeness (QED) is 0.683. The maximum atomic E-state index is 13.1. The molecule has 0 atom stereocenters. The molecule has 0 aliphatic heterocycles. The SMILES string of the molecule is C=CCc1ccc(-c2cc(F)cc(F)c2)c(Cl)c1. The first-order valence-electron chi connectivity index (χ1n) is 5.46. The van der Waals surface area contributed by atoms with Gasteiger partial charge < -0.3 is 0 Å². The average molecular weight is 265 g/mol. The molecule has 0 saturated carbocycles. The lowest BCUT2D eigenvalue weighted by Crippen LogP contribution is -1.87. The molecule has 18 heavy (non-hydrogen) atoms. The van der Waals surface area contributed by atoms with Gasteiger partial charge in [-0.05, 0) is 35.7 Å². The first-order chi connectivity index (χ1) is 8.60. The van der Waals surface area contributed by atoms with Crippen molar-refractivity contribution in [2.75, 3.05) is 0 Å². The van der Waals surface area contributed by atoms with Gasteiger partial charge in [-0.25, -0.2) is 8.78 Å². The minimum atomic E-state index is -0.615. The van der Waals surface area contributed by atoms with Crippen LogP contribution in [-0.2, 0) is 6.42 Å². The second-order valence-corrected chi connectivity index (χ2v) is 4.37. The lowest BCUT2D eigenvalue weighted by Gasteiger charge is -2.07. The smallest absolute Gasteiger partial charge is 0.126 e. The third-order valence-electron chi connectivity index (χ3n) is 2.59. The van der Waals surface area contributed by atoms with Crippen molar-refractivity contribution >= 4 is 11.6 Å². The van der Waals surface area contributed by atoms with E-state index in [-0.39, 0.29) is 0 Å². The molecule has 3 heteroatoms. The normalized spacial score (nSPS) is 10.4. The number of allylic oxidation sites excluding steroid dienone is 1. The number of hydrogen-bond acceptors (Lipinski definition) is 0. The summed E-state index contributed by atoms with van der Waals surface area (Å²) in [5, 5.41) is 0.472. The predicted molar refractivity (Wildman–Crippen MR) is 70.7 cm³/mol. The van der Waals surface area contributed by atoms with E-state index in [4.69, 9.17) is 11.6 Å². The molecule has 0 amide bonds. The van der Waals surface area contributed by atoms with Crippen molar-refractivity contribution in [3.05, 3.63) is 71.3 Å². The van der Waals surface area contributed by atoms with Crippen LogP contribution in [-0.4, -0.2) is 0 Å². The second-order valence-electron chi connectivity index (χ2n) is 3.97. The Hall–Kier alpha value is -1.67. The fourth-order valence-corrected chi connectivity index (χ4v) is 2.11. The van der Waals surface area contributed by atoms with Crippen LogP contribution in [0.2, 0.25) is 5.02 Å². The molecular weight excluding hydrogens is 254 g/mol. The summed E-state index contributed by atoms with van der Waals surface area (Å²) >= 11 is 6.13. The highest BCUT2D eigenvalue weighted by atomic mass is 35.5. The fraction of sp³-hybridized carbons (Fsp3) is 0.0667. The van der Waals surface area contributed by atoms with E-state index < -0.39 is 11.6 Å². The van der Waals surface area contributed by atoms with Gasteiger partial charge in [0.25, 0.3) is 0 Å². The van der Waals surface area contributed by atoms with Gasteiger partial charge in [0.2, 0.25) is 0 Å². The largest absolute Gasteiger partial charge is 0.207 e. The van der Waals surface area contributed by atoms with E-state index in [1.165, 1.54) is 12.1 Å². The molecule has 0 saturated heterocycles. The Labute approximate surface area is 110 Å². The highest BCUT2D eigenvalue weighted by Crippen LogP contribution is 2.30. The minimum Gasteiger partial charge on any atom is -0.207 e. The van der Waals surface area contributed by atoms with Crippen LogP contribution in [0.1, 0.15) is 5.56 Å². The molecule has 0 fully saturated rings. The van der Waals surface area contributed by atoms with E-state index in [0.29, 0.717) is 22.6 Å². The first kappa shape index (κ1) is 12.8. The zero-order chi connectivity index (χ0) is 13.1. The third-order valence-corrected chi connectivity index (χ3v) is 2.90. The van der Waals surface area contributed by atoms with E-state index in [1.54, 1.807) is 18.2 Å². The molecule has 0 aromatic heterocycles. The summed E-state index contributed by atoms with van der Waals surface area (Å²) in [4.78, 5) is 0. The summed E-state index contributed by atoms with van der Waals surface area (Å²) < 4.78 is 26.3. The van der Waals surface area contributed by atoms with Crippen LogP contribution in [0.15, 0.2) is 49.1 Å². The molecule has 0 N–H and O–H groups in total. The minimum absolute atomic E-state index is 0.433. The molecule has 92 valence electrons. The van der Waals surface area contributed by atoms with Crippen molar-refractivity contribution in [3.63, 3.8) is 0 Å². The third kappa shape index (κ3) is 2.77. The Bertz CT molecular complexity index is 571. The summed E-state index contributed by atoms with van der Waals surface area (Å²) in [5.41, 5.74) is 2.06. The van der Waals surface area contributed by atoms with Gasteiger partial charge in [0.05, 0.1) is 0 Å². The van der Waals surface area contributed by atoms with E-state index in [2.05, 4.69) is 6.58 Å². The summed E-state index contributed by atoms with van der Waals surface area (Å²) in [6.45, 7) is 3.65. The molecule has 0 unspecified atom stereocenters. The fourth-order valence-electron chi connectivity index (χ4n) is 1.80. The van der Waals surface area contributed by atoms with Crippen molar-refractivity contribution in [2.45, 2.75) is 6.42 Å². The number of benzene rings is 2. The van der Waals surface area contributed by atoms with Gasteiger partial charge in [0, 0.05) is 16.7 Å². The zero-order valence-corrected chi connectivity index (χ0v) is 10.3. The number of halogens is 3. The zero-order valence-electron chi connectivity index (χ0n) is 9.59. The van der Waals surface area contributed by atoms with Crippen LogP contribution in [0.5, 0.6) is 0 Å². The Kier molecular flexibility index (Phi) is 3.78. The molecule has 0 spiro atoms. The molecule has 0 bridgehead atoms. The predicted octanol–water partition coefficient (Wildman–Crippen LogP) is 5.01. The van der Waals surface area contributed by atoms with Gasteiger partial charge in [-0.1, -0.05) is 29.8 Å². The molecule has 0 aliphatic carbocycles. The van der Waals surface area contributed by atoms with E-state index in [9.17, 15) is 8.78 Å². The molecule has 0 aliphatic rings. The van der Waals surface area contributed by atoms with Crippen LogP contribution in [0.3, 0.4) is 0 Å². The van der Waals surface area contributed by atoms with Crippen LogP contribution in [0, 0.1) is 11.6 Å². The van der Waals surface area contributed by atoms with Gasteiger partial charge in [-0.3, -0.25) is 0 Å². The Morgan fingerprint density at radius 3 is 2.28 bits per heavy atom. The Balaban J connectivity index is 2.47.